The van der Waals surface area contributed by atoms with Gasteiger partial charge in [-0.2, -0.15) is 0 Å². The number of fused-ring (bicyclic) bond motifs is 1. The number of hydrogen-bond acceptors (Lipinski definition) is 5. The molecule has 1 aromatic rings. The molecule has 18 heavy (non-hydrogen) atoms. The van der Waals surface area contributed by atoms with E-state index in [9.17, 15) is 14.9 Å². The molecule has 2 rings (SSSR count). The third kappa shape index (κ3) is 2.42. The van der Waals surface area contributed by atoms with Crippen molar-refractivity contribution in [2.75, 3.05) is 18.5 Å². The summed E-state index contributed by atoms with van der Waals surface area (Å²) in [7, 11) is 0. The van der Waals surface area contributed by atoms with Crippen LogP contribution in [0.15, 0.2) is 18.2 Å². The fourth-order valence-electron chi connectivity index (χ4n) is 2.02. The van der Waals surface area contributed by atoms with Crippen molar-refractivity contribution in [3.8, 4) is 0 Å². The van der Waals surface area contributed by atoms with E-state index in [1.165, 1.54) is 12.1 Å². The molecule has 1 unspecified atom stereocenters. The van der Waals surface area contributed by atoms with Crippen LogP contribution in [-0.4, -0.2) is 24.0 Å². The molecule has 0 fully saturated rings. The number of nitro benzene ring substituents is 1. The lowest BCUT2D eigenvalue weighted by Crippen LogP contribution is -2.31. The van der Waals surface area contributed by atoms with Crippen LogP contribution in [0.3, 0.4) is 0 Å². The Hall–Kier alpha value is -2.11. The molecule has 6 heteroatoms. The molecule has 6 nitrogen and oxygen atoms in total. The Morgan fingerprint density at radius 3 is 3.06 bits per heavy atom. The summed E-state index contributed by atoms with van der Waals surface area (Å²) in [5, 5.41) is 13.7. The lowest BCUT2D eigenvalue weighted by Gasteiger charge is -2.24. The zero-order valence-electron chi connectivity index (χ0n) is 10.0. The SMILES string of the molecule is CCOC(=O)C1CNc2cc([N+](=O)[O-])ccc2C1. The van der Waals surface area contributed by atoms with Crippen molar-refractivity contribution in [2.24, 2.45) is 5.92 Å². The van der Waals surface area contributed by atoms with E-state index in [0.717, 1.165) is 11.3 Å². The molecule has 0 saturated heterocycles. The molecular weight excluding hydrogens is 236 g/mol. The maximum atomic E-state index is 11.6. The molecule has 1 N–H and O–H groups in total. The molecule has 1 atom stereocenters. The number of benzene rings is 1. The van der Waals surface area contributed by atoms with Crippen molar-refractivity contribution < 1.29 is 14.5 Å². The smallest absolute Gasteiger partial charge is 0.311 e. The van der Waals surface area contributed by atoms with Gasteiger partial charge in [-0.05, 0) is 18.9 Å². The zero-order valence-corrected chi connectivity index (χ0v) is 10.0. The first-order valence-corrected chi connectivity index (χ1v) is 5.79. The number of rotatable bonds is 3. The number of esters is 1. The Labute approximate surface area is 104 Å². The summed E-state index contributed by atoms with van der Waals surface area (Å²) in [5.41, 5.74) is 1.69. The van der Waals surface area contributed by atoms with E-state index in [0.29, 0.717) is 19.6 Å². The molecule has 0 radical (unpaired) electrons. The van der Waals surface area contributed by atoms with Gasteiger partial charge in [-0.1, -0.05) is 6.07 Å². The molecule has 1 aliphatic heterocycles. The van der Waals surface area contributed by atoms with Crippen LogP contribution in [0.2, 0.25) is 0 Å². The van der Waals surface area contributed by atoms with E-state index in [2.05, 4.69) is 5.32 Å². The van der Waals surface area contributed by atoms with Gasteiger partial charge in [0, 0.05) is 24.4 Å². The molecule has 96 valence electrons. The Morgan fingerprint density at radius 1 is 1.61 bits per heavy atom. The Bertz CT molecular complexity index is 487. The standard InChI is InChI=1S/C12H14N2O4/c1-2-18-12(15)9-5-8-3-4-10(14(16)17)6-11(8)13-7-9/h3-4,6,9,13H,2,5,7H2,1H3. The predicted octanol–water partition coefficient (Wildman–Crippen LogP) is 1.74. The summed E-state index contributed by atoms with van der Waals surface area (Å²) < 4.78 is 4.97. The summed E-state index contributed by atoms with van der Waals surface area (Å²) in [5.74, 6) is -0.451. The van der Waals surface area contributed by atoms with Crippen molar-refractivity contribution in [1.29, 1.82) is 0 Å². The second kappa shape index (κ2) is 5.03. The molecule has 0 bridgehead atoms. The maximum absolute atomic E-state index is 11.6. The van der Waals surface area contributed by atoms with Crippen molar-refractivity contribution in [3.63, 3.8) is 0 Å². The second-order valence-electron chi connectivity index (χ2n) is 4.13. The number of ether oxygens (including phenoxy) is 1. The van der Waals surface area contributed by atoms with Crippen LogP contribution in [-0.2, 0) is 16.0 Å². The van der Waals surface area contributed by atoms with Crippen molar-refractivity contribution >= 4 is 17.3 Å². The molecule has 0 spiro atoms. The number of nitro groups is 1. The monoisotopic (exact) mass is 250 g/mol. The quantitative estimate of drug-likeness (QED) is 0.502. The van der Waals surface area contributed by atoms with Crippen LogP contribution >= 0.6 is 0 Å². The first-order valence-electron chi connectivity index (χ1n) is 5.79. The van der Waals surface area contributed by atoms with Crippen LogP contribution in [0.25, 0.3) is 0 Å². The van der Waals surface area contributed by atoms with Gasteiger partial charge in [0.25, 0.3) is 5.69 Å². The molecule has 1 aliphatic rings. The number of carbonyl (C=O) groups excluding carboxylic acids is 1. The Kier molecular flexibility index (Phi) is 3.45. The van der Waals surface area contributed by atoms with Crippen LogP contribution in [0, 0.1) is 16.0 Å². The zero-order chi connectivity index (χ0) is 13.1. The molecular formula is C12H14N2O4. The van der Waals surface area contributed by atoms with Crippen molar-refractivity contribution in [1.82, 2.24) is 0 Å². The highest BCUT2D eigenvalue weighted by Crippen LogP contribution is 2.29. The van der Waals surface area contributed by atoms with Gasteiger partial charge in [0.15, 0.2) is 0 Å². The highest BCUT2D eigenvalue weighted by Gasteiger charge is 2.26. The van der Waals surface area contributed by atoms with E-state index in [1.807, 2.05) is 0 Å². The average molecular weight is 250 g/mol. The van der Waals surface area contributed by atoms with E-state index in [-0.39, 0.29) is 17.6 Å². The third-order valence-corrected chi connectivity index (χ3v) is 2.93. The molecule has 0 aliphatic carbocycles. The van der Waals surface area contributed by atoms with Crippen LogP contribution in [0.1, 0.15) is 12.5 Å². The number of non-ortho nitro benzene ring substituents is 1. The fraction of sp³-hybridized carbons (Fsp3) is 0.417. The summed E-state index contributed by atoms with van der Waals surface area (Å²) in [6.45, 7) is 2.58. The van der Waals surface area contributed by atoms with E-state index < -0.39 is 4.92 Å². The fourth-order valence-corrected chi connectivity index (χ4v) is 2.02. The molecule has 1 aromatic carbocycles. The lowest BCUT2D eigenvalue weighted by molar-refractivity contribution is -0.384. The molecule has 1 heterocycles. The minimum Gasteiger partial charge on any atom is -0.466 e. The number of anilines is 1. The van der Waals surface area contributed by atoms with Gasteiger partial charge in [0.2, 0.25) is 0 Å². The number of nitrogens with one attached hydrogen (secondary N) is 1. The summed E-state index contributed by atoms with van der Waals surface area (Å²) in [6.07, 6.45) is 0.555. The third-order valence-electron chi connectivity index (χ3n) is 2.93. The highest BCUT2D eigenvalue weighted by atomic mass is 16.6. The summed E-state index contributed by atoms with van der Waals surface area (Å²) >= 11 is 0. The topological polar surface area (TPSA) is 81.5 Å². The van der Waals surface area contributed by atoms with Gasteiger partial charge in [-0.3, -0.25) is 14.9 Å². The minimum atomic E-state index is -0.431. The molecule has 0 saturated carbocycles. The first-order chi connectivity index (χ1) is 8.61. The maximum Gasteiger partial charge on any atom is 0.311 e. The van der Waals surface area contributed by atoms with Gasteiger partial charge in [-0.15, -0.1) is 0 Å². The van der Waals surface area contributed by atoms with Crippen molar-refractivity contribution in [2.45, 2.75) is 13.3 Å². The van der Waals surface area contributed by atoms with Gasteiger partial charge >= 0.3 is 5.97 Å². The van der Waals surface area contributed by atoms with Gasteiger partial charge in [0.1, 0.15) is 0 Å². The molecule has 0 aromatic heterocycles. The van der Waals surface area contributed by atoms with Gasteiger partial charge in [-0.25, -0.2) is 0 Å². The number of hydrogen-bond donors (Lipinski definition) is 1. The second-order valence-corrected chi connectivity index (χ2v) is 4.13. The lowest BCUT2D eigenvalue weighted by atomic mass is 9.94. The van der Waals surface area contributed by atoms with Gasteiger partial charge in [0.05, 0.1) is 17.4 Å². The summed E-state index contributed by atoms with van der Waals surface area (Å²) in [4.78, 5) is 21.8. The van der Waals surface area contributed by atoms with Crippen LogP contribution < -0.4 is 5.32 Å². The van der Waals surface area contributed by atoms with E-state index >= 15 is 0 Å². The van der Waals surface area contributed by atoms with Gasteiger partial charge < -0.3 is 10.1 Å². The van der Waals surface area contributed by atoms with E-state index in [1.54, 1.807) is 13.0 Å². The Morgan fingerprint density at radius 2 is 2.39 bits per heavy atom. The average Bonchev–Trinajstić information content (AvgIpc) is 2.37. The normalized spacial score (nSPS) is 17.5. The largest absolute Gasteiger partial charge is 0.466 e. The number of nitrogens with zero attached hydrogens (tertiary/aromatic N) is 1. The predicted molar refractivity (Wildman–Crippen MR) is 65.4 cm³/mol. The summed E-state index contributed by atoms with van der Waals surface area (Å²) in [6, 6.07) is 4.64. The minimum absolute atomic E-state index is 0.0517. The van der Waals surface area contributed by atoms with Crippen LogP contribution in [0.5, 0.6) is 0 Å². The van der Waals surface area contributed by atoms with Crippen molar-refractivity contribution in [3.05, 3.63) is 33.9 Å². The van der Waals surface area contributed by atoms with E-state index in [4.69, 9.17) is 4.74 Å². The Balaban J connectivity index is 2.16. The molecule has 0 amide bonds. The highest BCUT2D eigenvalue weighted by molar-refractivity contribution is 5.75. The number of carbonyl (C=O) groups is 1. The van der Waals surface area contributed by atoms with Crippen LogP contribution in [0.4, 0.5) is 11.4 Å². The first kappa shape index (κ1) is 12.3.